The van der Waals surface area contributed by atoms with Crippen LogP contribution >= 0.6 is 0 Å². The van der Waals surface area contributed by atoms with Gasteiger partial charge in [0.05, 0.1) is 6.20 Å². The molecule has 0 aliphatic heterocycles. The molecule has 0 radical (unpaired) electrons. The quantitative estimate of drug-likeness (QED) is 0.882. The first-order valence-corrected chi connectivity index (χ1v) is 6.36. The van der Waals surface area contributed by atoms with E-state index < -0.39 is 11.9 Å². The number of H-pyrrole nitrogens is 1. The fraction of sp³-hybridized carbons (Fsp3) is 0.286. The predicted molar refractivity (Wildman–Crippen MR) is 73.1 cm³/mol. The number of rotatable bonds is 5. The number of carbonyl (C=O) groups excluding carboxylic acids is 1. The van der Waals surface area contributed by atoms with Crippen LogP contribution in [0.5, 0.6) is 5.75 Å². The number of benzene rings is 1. The number of nitrogens with zero attached hydrogens (tertiary/aromatic N) is 1. The minimum absolute atomic E-state index is 0.0514. The van der Waals surface area contributed by atoms with Crippen molar-refractivity contribution in [1.29, 1.82) is 0 Å². The highest BCUT2D eigenvalue weighted by Crippen LogP contribution is 2.18. The van der Waals surface area contributed by atoms with Crippen LogP contribution in [-0.2, 0) is 11.2 Å². The Hall–Kier alpha value is -2.37. The monoisotopic (exact) mass is 277 g/mol. The molecule has 1 aromatic carbocycles. The van der Waals surface area contributed by atoms with Gasteiger partial charge in [-0.05, 0) is 25.5 Å². The molecule has 0 aliphatic carbocycles. The molecule has 1 atom stereocenters. The Morgan fingerprint density at radius 2 is 2.25 bits per heavy atom. The molecule has 1 amide bonds. The number of hydrogen-bond donors (Lipinski definition) is 2. The third-order valence-corrected chi connectivity index (χ3v) is 2.86. The molecule has 2 rings (SSSR count). The number of aromatic nitrogens is 2. The maximum Gasteiger partial charge on any atom is 0.266 e. The molecule has 1 heterocycles. The van der Waals surface area contributed by atoms with E-state index in [4.69, 9.17) is 4.74 Å². The predicted octanol–water partition coefficient (Wildman–Crippen LogP) is 2.52. The average molecular weight is 277 g/mol. The molecule has 0 aliphatic rings. The van der Waals surface area contributed by atoms with Crippen LogP contribution in [0.3, 0.4) is 0 Å². The number of para-hydroxylation sites is 1. The van der Waals surface area contributed by atoms with Gasteiger partial charge in [0.2, 0.25) is 0 Å². The molecule has 0 saturated carbocycles. The molecule has 6 heteroatoms. The number of nitrogens with one attached hydrogen (secondary N) is 2. The number of ether oxygens (including phenoxy) is 1. The van der Waals surface area contributed by atoms with Crippen molar-refractivity contribution in [2.24, 2.45) is 0 Å². The molecule has 5 nitrogen and oxygen atoms in total. The molecular formula is C14H16FN3O2. The Balaban J connectivity index is 2.01. The second kappa shape index (κ2) is 6.18. The molecule has 0 spiro atoms. The molecule has 1 aromatic heterocycles. The van der Waals surface area contributed by atoms with Crippen molar-refractivity contribution in [3.63, 3.8) is 0 Å². The lowest BCUT2D eigenvalue weighted by molar-refractivity contribution is -0.122. The number of aryl methyl sites for hydroxylation is 1. The highest BCUT2D eigenvalue weighted by atomic mass is 19.1. The summed E-state index contributed by atoms with van der Waals surface area (Å²) in [5.41, 5.74) is 0.899. The van der Waals surface area contributed by atoms with E-state index >= 15 is 0 Å². The van der Waals surface area contributed by atoms with Crippen molar-refractivity contribution in [2.45, 2.75) is 26.4 Å². The number of hydrogen-bond acceptors (Lipinski definition) is 3. The Kier molecular flexibility index (Phi) is 4.34. The van der Waals surface area contributed by atoms with Crippen LogP contribution in [0.2, 0.25) is 0 Å². The van der Waals surface area contributed by atoms with E-state index in [0.717, 1.165) is 12.0 Å². The van der Waals surface area contributed by atoms with E-state index in [1.54, 1.807) is 25.3 Å². The minimum Gasteiger partial charge on any atom is -0.478 e. The molecule has 1 unspecified atom stereocenters. The first kappa shape index (κ1) is 14.0. The van der Waals surface area contributed by atoms with Crippen LogP contribution in [0.15, 0.2) is 30.5 Å². The Morgan fingerprint density at radius 1 is 1.50 bits per heavy atom. The fourth-order valence-electron chi connectivity index (χ4n) is 1.70. The number of aromatic amines is 1. The van der Waals surface area contributed by atoms with Crippen LogP contribution in [0, 0.1) is 5.82 Å². The summed E-state index contributed by atoms with van der Waals surface area (Å²) in [5.74, 6) is -0.271. The van der Waals surface area contributed by atoms with Gasteiger partial charge in [-0.2, -0.15) is 5.10 Å². The van der Waals surface area contributed by atoms with Gasteiger partial charge < -0.3 is 10.1 Å². The van der Waals surface area contributed by atoms with E-state index in [0.29, 0.717) is 5.82 Å². The topological polar surface area (TPSA) is 67.0 Å². The average Bonchev–Trinajstić information content (AvgIpc) is 2.88. The maximum atomic E-state index is 13.4. The zero-order chi connectivity index (χ0) is 14.5. The van der Waals surface area contributed by atoms with Gasteiger partial charge in [0.1, 0.15) is 5.82 Å². The van der Waals surface area contributed by atoms with Gasteiger partial charge >= 0.3 is 0 Å². The van der Waals surface area contributed by atoms with Gasteiger partial charge in [-0.3, -0.25) is 9.89 Å². The van der Waals surface area contributed by atoms with Crippen LogP contribution in [0.4, 0.5) is 10.2 Å². The van der Waals surface area contributed by atoms with E-state index in [9.17, 15) is 9.18 Å². The Bertz CT molecular complexity index is 598. The maximum absolute atomic E-state index is 13.4. The standard InChI is InChI=1S/C14H16FN3O2/c1-3-10-8-16-18-13(10)17-14(19)9(2)20-12-7-5-4-6-11(12)15/h4-9H,3H2,1-2H3,(H2,16,17,18,19). The summed E-state index contributed by atoms with van der Waals surface area (Å²) in [7, 11) is 0. The molecule has 0 bridgehead atoms. The summed E-state index contributed by atoms with van der Waals surface area (Å²) >= 11 is 0. The molecule has 0 fully saturated rings. The van der Waals surface area contributed by atoms with Gasteiger partial charge in [0.15, 0.2) is 17.7 Å². The fourth-order valence-corrected chi connectivity index (χ4v) is 1.70. The van der Waals surface area contributed by atoms with Gasteiger partial charge in [0.25, 0.3) is 5.91 Å². The normalized spacial score (nSPS) is 11.9. The van der Waals surface area contributed by atoms with E-state index in [1.807, 2.05) is 6.92 Å². The third-order valence-electron chi connectivity index (χ3n) is 2.86. The van der Waals surface area contributed by atoms with Crippen molar-refractivity contribution in [2.75, 3.05) is 5.32 Å². The SMILES string of the molecule is CCc1cn[nH]c1NC(=O)C(C)Oc1ccccc1F. The van der Waals surface area contributed by atoms with E-state index in [-0.39, 0.29) is 11.7 Å². The summed E-state index contributed by atoms with van der Waals surface area (Å²) < 4.78 is 18.7. The number of amides is 1. The van der Waals surface area contributed by atoms with Crippen molar-refractivity contribution in [3.05, 3.63) is 41.8 Å². The lowest BCUT2D eigenvalue weighted by Gasteiger charge is -2.14. The van der Waals surface area contributed by atoms with Crippen molar-refractivity contribution < 1.29 is 13.9 Å². The first-order valence-electron chi connectivity index (χ1n) is 6.36. The molecule has 2 N–H and O–H groups in total. The summed E-state index contributed by atoms with van der Waals surface area (Å²) in [6.45, 7) is 3.52. The van der Waals surface area contributed by atoms with Gasteiger partial charge in [-0.25, -0.2) is 4.39 Å². The zero-order valence-corrected chi connectivity index (χ0v) is 11.3. The second-order valence-electron chi connectivity index (χ2n) is 4.30. The summed E-state index contributed by atoms with van der Waals surface area (Å²) in [4.78, 5) is 12.0. The van der Waals surface area contributed by atoms with Crippen LogP contribution in [0.1, 0.15) is 19.4 Å². The molecule has 2 aromatic rings. The van der Waals surface area contributed by atoms with Crippen molar-refractivity contribution >= 4 is 11.7 Å². The first-order chi connectivity index (χ1) is 9.61. The lowest BCUT2D eigenvalue weighted by Crippen LogP contribution is -2.30. The van der Waals surface area contributed by atoms with Crippen LogP contribution < -0.4 is 10.1 Å². The Labute approximate surface area is 116 Å². The lowest BCUT2D eigenvalue weighted by atomic mass is 10.2. The molecular weight excluding hydrogens is 261 g/mol. The van der Waals surface area contributed by atoms with Gasteiger partial charge in [-0.1, -0.05) is 19.1 Å². The third kappa shape index (κ3) is 3.14. The van der Waals surface area contributed by atoms with Crippen molar-refractivity contribution in [1.82, 2.24) is 10.2 Å². The molecule has 106 valence electrons. The number of halogens is 1. The second-order valence-corrected chi connectivity index (χ2v) is 4.30. The highest BCUT2D eigenvalue weighted by molar-refractivity contribution is 5.93. The summed E-state index contributed by atoms with van der Waals surface area (Å²) in [5, 5.41) is 9.25. The highest BCUT2D eigenvalue weighted by Gasteiger charge is 2.18. The van der Waals surface area contributed by atoms with Gasteiger partial charge in [-0.15, -0.1) is 0 Å². The Morgan fingerprint density at radius 3 is 2.95 bits per heavy atom. The van der Waals surface area contributed by atoms with E-state index in [2.05, 4.69) is 15.5 Å². The minimum atomic E-state index is -0.820. The summed E-state index contributed by atoms with van der Waals surface area (Å²) in [6.07, 6.45) is 1.58. The molecule has 20 heavy (non-hydrogen) atoms. The largest absolute Gasteiger partial charge is 0.478 e. The van der Waals surface area contributed by atoms with Crippen molar-refractivity contribution in [3.8, 4) is 5.75 Å². The van der Waals surface area contributed by atoms with Crippen LogP contribution in [-0.4, -0.2) is 22.2 Å². The van der Waals surface area contributed by atoms with Gasteiger partial charge in [0, 0.05) is 5.56 Å². The number of carbonyl (C=O) groups is 1. The smallest absolute Gasteiger partial charge is 0.266 e. The molecule has 0 saturated heterocycles. The summed E-state index contributed by atoms with van der Waals surface area (Å²) in [6, 6.07) is 5.97. The van der Waals surface area contributed by atoms with E-state index in [1.165, 1.54) is 12.1 Å². The number of anilines is 1. The van der Waals surface area contributed by atoms with Crippen LogP contribution in [0.25, 0.3) is 0 Å². The zero-order valence-electron chi connectivity index (χ0n) is 11.3.